The smallest absolute Gasteiger partial charge is 0.242 e. The number of benzene rings is 2. The number of hydrogen-bond acceptors (Lipinski definition) is 3. The lowest BCUT2D eigenvalue weighted by molar-refractivity contribution is -0.138. The third kappa shape index (κ3) is 7.53. The highest BCUT2D eigenvalue weighted by Crippen LogP contribution is 2.25. The van der Waals surface area contributed by atoms with Gasteiger partial charge in [-0.05, 0) is 51.0 Å². The fourth-order valence-electron chi connectivity index (χ4n) is 2.85. The van der Waals surface area contributed by atoms with Crippen LogP contribution in [0.2, 0.25) is 10.0 Å². The number of amides is 2. The van der Waals surface area contributed by atoms with Gasteiger partial charge in [-0.25, -0.2) is 0 Å². The molecule has 2 rings (SSSR count). The Morgan fingerprint density at radius 1 is 1.00 bits per heavy atom. The van der Waals surface area contributed by atoms with Crippen molar-refractivity contribution in [1.29, 1.82) is 0 Å². The largest absolute Gasteiger partial charge is 0.352 e. The molecule has 0 aliphatic rings. The third-order valence-corrected chi connectivity index (χ3v) is 6.28. The highest BCUT2D eigenvalue weighted by Gasteiger charge is 2.26. The lowest BCUT2D eigenvalue weighted by atomic mass is 10.1. The lowest BCUT2D eigenvalue weighted by Gasteiger charge is -2.29. The van der Waals surface area contributed by atoms with Crippen LogP contribution in [0.25, 0.3) is 0 Å². The van der Waals surface area contributed by atoms with Crippen LogP contribution in [0, 0.1) is 6.92 Å². The number of carbonyl (C=O) groups is 2. The van der Waals surface area contributed by atoms with Gasteiger partial charge >= 0.3 is 0 Å². The Hall–Kier alpha value is -1.69. The van der Waals surface area contributed by atoms with Gasteiger partial charge in [0, 0.05) is 18.3 Å². The molecule has 1 atom stereocenters. The SMILES string of the molecule is Cc1ccc(CN(C(=O)CSCc2ccc(Cl)c(Cl)c2)C(C)C(=O)NC(C)C)cc1. The van der Waals surface area contributed by atoms with Gasteiger partial charge in [-0.15, -0.1) is 11.8 Å². The summed E-state index contributed by atoms with van der Waals surface area (Å²) in [5.74, 6) is 0.672. The average molecular weight is 467 g/mol. The second kappa shape index (κ2) is 11.6. The first kappa shape index (κ1) is 24.6. The van der Waals surface area contributed by atoms with Gasteiger partial charge in [0.25, 0.3) is 0 Å². The van der Waals surface area contributed by atoms with E-state index in [0.717, 1.165) is 16.7 Å². The number of aryl methyl sites for hydroxylation is 1. The van der Waals surface area contributed by atoms with Crippen LogP contribution in [0.15, 0.2) is 42.5 Å². The van der Waals surface area contributed by atoms with Gasteiger partial charge < -0.3 is 10.2 Å². The summed E-state index contributed by atoms with van der Waals surface area (Å²) in [6.45, 7) is 7.99. The Kier molecular flexibility index (Phi) is 9.53. The summed E-state index contributed by atoms with van der Waals surface area (Å²) in [7, 11) is 0. The molecule has 2 aromatic carbocycles. The van der Waals surface area contributed by atoms with E-state index >= 15 is 0 Å². The van der Waals surface area contributed by atoms with Crippen molar-refractivity contribution in [3.8, 4) is 0 Å². The maximum atomic E-state index is 13.0. The molecule has 0 fully saturated rings. The quantitative estimate of drug-likeness (QED) is 0.532. The van der Waals surface area contributed by atoms with Crippen molar-refractivity contribution in [1.82, 2.24) is 10.2 Å². The number of hydrogen-bond donors (Lipinski definition) is 1. The third-order valence-electron chi connectivity index (χ3n) is 4.55. The molecule has 30 heavy (non-hydrogen) atoms. The van der Waals surface area contributed by atoms with Crippen LogP contribution in [0.1, 0.15) is 37.5 Å². The van der Waals surface area contributed by atoms with Crippen LogP contribution in [0.3, 0.4) is 0 Å². The van der Waals surface area contributed by atoms with Gasteiger partial charge in [0.2, 0.25) is 11.8 Å². The van der Waals surface area contributed by atoms with Gasteiger partial charge in [0.1, 0.15) is 6.04 Å². The molecule has 162 valence electrons. The monoisotopic (exact) mass is 466 g/mol. The van der Waals surface area contributed by atoms with Gasteiger partial charge in [0.05, 0.1) is 15.8 Å². The summed E-state index contributed by atoms with van der Waals surface area (Å²) in [6, 6.07) is 12.9. The highest BCUT2D eigenvalue weighted by molar-refractivity contribution is 7.99. The molecule has 2 aromatic rings. The van der Waals surface area contributed by atoms with Crippen molar-refractivity contribution < 1.29 is 9.59 Å². The van der Waals surface area contributed by atoms with Crippen LogP contribution in [0.4, 0.5) is 0 Å². The van der Waals surface area contributed by atoms with Crippen molar-refractivity contribution >= 4 is 46.8 Å². The molecular formula is C23H28Cl2N2O2S. The standard InChI is InChI=1S/C23H28Cl2N2O2S/c1-15(2)26-23(29)17(4)27(12-18-7-5-16(3)6-8-18)22(28)14-30-13-19-9-10-20(24)21(25)11-19/h5-11,15,17H,12-14H2,1-4H3,(H,26,29). The summed E-state index contributed by atoms with van der Waals surface area (Å²) in [6.07, 6.45) is 0. The zero-order valence-electron chi connectivity index (χ0n) is 17.7. The predicted octanol–water partition coefficient (Wildman–Crippen LogP) is 5.48. The molecule has 1 N–H and O–H groups in total. The normalized spacial score (nSPS) is 12.0. The van der Waals surface area contributed by atoms with Crippen molar-refractivity contribution in [2.45, 2.75) is 52.1 Å². The van der Waals surface area contributed by atoms with E-state index in [1.165, 1.54) is 11.8 Å². The summed E-state index contributed by atoms with van der Waals surface area (Å²) >= 11 is 13.5. The highest BCUT2D eigenvalue weighted by atomic mass is 35.5. The molecule has 0 saturated heterocycles. The van der Waals surface area contributed by atoms with Gasteiger partial charge in [-0.3, -0.25) is 9.59 Å². The number of carbonyl (C=O) groups excluding carboxylic acids is 2. The molecule has 0 bridgehead atoms. The van der Waals surface area contributed by atoms with Crippen molar-refractivity contribution in [3.05, 3.63) is 69.2 Å². The van der Waals surface area contributed by atoms with Crippen LogP contribution >= 0.6 is 35.0 Å². The second-order valence-electron chi connectivity index (χ2n) is 7.59. The first-order valence-corrected chi connectivity index (χ1v) is 11.8. The molecule has 1 unspecified atom stereocenters. The summed E-state index contributed by atoms with van der Waals surface area (Å²) in [5.41, 5.74) is 3.14. The summed E-state index contributed by atoms with van der Waals surface area (Å²) in [5, 5.41) is 3.91. The Morgan fingerprint density at radius 3 is 2.23 bits per heavy atom. The molecule has 0 saturated carbocycles. The molecule has 0 heterocycles. The second-order valence-corrected chi connectivity index (χ2v) is 9.39. The average Bonchev–Trinajstić information content (AvgIpc) is 2.69. The van der Waals surface area contributed by atoms with Crippen molar-refractivity contribution in [2.24, 2.45) is 0 Å². The molecule has 0 aliphatic heterocycles. The molecular weight excluding hydrogens is 439 g/mol. The fraction of sp³-hybridized carbons (Fsp3) is 0.391. The maximum absolute atomic E-state index is 13.0. The minimum absolute atomic E-state index is 0.0142. The van der Waals surface area contributed by atoms with Crippen LogP contribution < -0.4 is 5.32 Å². The van der Waals surface area contributed by atoms with E-state index in [1.54, 1.807) is 17.9 Å². The number of halogens is 2. The van der Waals surface area contributed by atoms with E-state index in [4.69, 9.17) is 23.2 Å². The van der Waals surface area contributed by atoms with Crippen molar-refractivity contribution in [3.63, 3.8) is 0 Å². The van der Waals surface area contributed by atoms with E-state index in [2.05, 4.69) is 5.32 Å². The lowest BCUT2D eigenvalue weighted by Crippen LogP contribution is -2.49. The molecule has 0 aromatic heterocycles. The van der Waals surface area contributed by atoms with E-state index in [0.29, 0.717) is 22.3 Å². The van der Waals surface area contributed by atoms with E-state index in [-0.39, 0.29) is 23.6 Å². The van der Waals surface area contributed by atoms with Crippen LogP contribution in [0.5, 0.6) is 0 Å². The Balaban J connectivity index is 2.07. The Labute approximate surface area is 193 Å². The summed E-state index contributed by atoms with van der Waals surface area (Å²) < 4.78 is 0. The Morgan fingerprint density at radius 2 is 1.63 bits per heavy atom. The Bertz CT molecular complexity index is 872. The van der Waals surface area contributed by atoms with E-state index < -0.39 is 6.04 Å². The molecule has 2 amide bonds. The predicted molar refractivity (Wildman–Crippen MR) is 127 cm³/mol. The first-order chi connectivity index (χ1) is 14.2. The topological polar surface area (TPSA) is 49.4 Å². The minimum atomic E-state index is -0.563. The fourth-order valence-corrected chi connectivity index (χ4v) is 4.02. The number of nitrogens with one attached hydrogen (secondary N) is 1. The zero-order valence-corrected chi connectivity index (χ0v) is 20.1. The van der Waals surface area contributed by atoms with Crippen molar-refractivity contribution in [2.75, 3.05) is 5.75 Å². The van der Waals surface area contributed by atoms with Crippen LogP contribution in [-0.2, 0) is 21.9 Å². The molecule has 0 radical (unpaired) electrons. The number of rotatable bonds is 9. The number of thioether (sulfide) groups is 1. The van der Waals surface area contributed by atoms with E-state index in [1.807, 2.05) is 57.2 Å². The minimum Gasteiger partial charge on any atom is -0.352 e. The van der Waals surface area contributed by atoms with Crippen LogP contribution in [-0.4, -0.2) is 34.6 Å². The molecule has 0 aliphatic carbocycles. The molecule has 4 nitrogen and oxygen atoms in total. The van der Waals surface area contributed by atoms with Gasteiger partial charge in [-0.1, -0.05) is 59.1 Å². The zero-order chi connectivity index (χ0) is 22.3. The number of nitrogens with zero attached hydrogens (tertiary/aromatic N) is 1. The molecule has 0 spiro atoms. The first-order valence-electron chi connectivity index (χ1n) is 9.84. The van der Waals surface area contributed by atoms with Gasteiger partial charge in [-0.2, -0.15) is 0 Å². The summed E-state index contributed by atoms with van der Waals surface area (Å²) in [4.78, 5) is 27.2. The molecule has 7 heteroatoms. The van der Waals surface area contributed by atoms with Gasteiger partial charge in [0.15, 0.2) is 0 Å². The van der Waals surface area contributed by atoms with E-state index in [9.17, 15) is 9.59 Å². The maximum Gasteiger partial charge on any atom is 0.242 e.